The maximum atomic E-state index is 13.3. The van der Waals surface area contributed by atoms with Crippen molar-refractivity contribution in [2.45, 2.75) is 24.8 Å². The van der Waals surface area contributed by atoms with Gasteiger partial charge in [0.05, 0.1) is 9.92 Å². The van der Waals surface area contributed by atoms with Crippen molar-refractivity contribution in [2.75, 3.05) is 5.32 Å². The number of carbonyl (C=O) groups excluding carboxylic acids is 1. The van der Waals surface area contributed by atoms with Gasteiger partial charge in [-0.3, -0.25) is 9.57 Å². The van der Waals surface area contributed by atoms with Gasteiger partial charge >= 0.3 is 0 Å². The molecule has 0 saturated carbocycles. The highest BCUT2D eigenvalue weighted by Crippen LogP contribution is 2.27. The third-order valence-electron chi connectivity index (χ3n) is 4.24. The van der Waals surface area contributed by atoms with Crippen molar-refractivity contribution in [1.29, 1.82) is 4.78 Å². The summed E-state index contributed by atoms with van der Waals surface area (Å²) in [7, 11) is 0.844. The van der Waals surface area contributed by atoms with E-state index in [-0.39, 0.29) is 17.0 Å². The van der Waals surface area contributed by atoms with Crippen LogP contribution in [0.4, 0.5) is 10.1 Å². The topological polar surface area (TPSA) is 69.9 Å². The van der Waals surface area contributed by atoms with Gasteiger partial charge in [-0.1, -0.05) is 37.6 Å². The van der Waals surface area contributed by atoms with Crippen LogP contribution in [0, 0.1) is 16.5 Å². The van der Waals surface area contributed by atoms with Crippen LogP contribution in [0.5, 0.6) is 0 Å². The summed E-state index contributed by atoms with van der Waals surface area (Å²) < 4.78 is 26.7. The molecule has 1 aromatic heterocycles. The van der Waals surface area contributed by atoms with E-state index < -0.39 is 16.7 Å². The van der Waals surface area contributed by atoms with Gasteiger partial charge in [0.1, 0.15) is 11.5 Å². The lowest BCUT2D eigenvalue weighted by Gasteiger charge is -2.17. The molecule has 3 N–H and O–H groups in total. The van der Waals surface area contributed by atoms with Crippen LogP contribution in [-0.2, 0) is 17.9 Å². The quantitative estimate of drug-likeness (QED) is 0.723. The Hall–Kier alpha value is -1.96. The van der Waals surface area contributed by atoms with Gasteiger partial charge in [0.15, 0.2) is 0 Å². The van der Waals surface area contributed by atoms with Gasteiger partial charge in [-0.2, -0.15) is 0 Å². The van der Waals surface area contributed by atoms with Crippen molar-refractivity contribution >= 4 is 40.1 Å². The van der Waals surface area contributed by atoms with Crippen LogP contribution in [0.1, 0.15) is 29.9 Å². The van der Waals surface area contributed by atoms with Crippen molar-refractivity contribution < 1.29 is 9.18 Å². The number of hydrogen-bond acceptors (Lipinski definition) is 2. The minimum Gasteiger partial charge on any atom is -0.345 e. The molecule has 1 amide bonds. The summed E-state index contributed by atoms with van der Waals surface area (Å²) in [5.74, 6) is -0.534. The maximum absolute atomic E-state index is 13.3. The van der Waals surface area contributed by atoms with Gasteiger partial charge in [0, 0.05) is 30.5 Å². The fourth-order valence-corrected chi connectivity index (χ4v) is 4.36. The van der Waals surface area contributed by atoms with E-state index in [1.807, 2.05) is 12.2 Å². The average Bonchev–Trinajstić information content (AvgIpc) is 2.82. The Bertz CT molecular complexity index is 922. The third-order valence-corrected chi connectivity index (χ3v) is 5.80. The summed E-state index contributed by atoms with van der Waals surface area (Å²) >= 11 is 5.78. The van der Waals surface area contributed by atoms with Crippen LogP contribution in [0.25, 0.3) is 6.08 Å². The first kappa shape index (κ1) is 18.8. The molecule has 0 spiro atoms. The van der Waals surface area contributed by atoms with Gasteiger partial charge < -0.3 is 9.88 Å². The molecule has 2 atom stereocenters. The van der Waals surface area contributed by atoms with Gasteiger partial charge in [0.25, 0.3) is 5.91 Å². The fourth-order valence-electron chi connectivity index (χ4n) is 2.78. The highest BCUT2D eigenvalue weighted by molar-refractivity contribution is 7.84. The Kier molecular flexibility index (Phi) is 5.32. The minimum atomic E-state index is -0.926. The first-order valence-corrected chi connectivity index (χ1v) is 9.73. The van der Waals surface area contributed by atoms with E-state index >= 15 is 0 Å². The largest absolute Gasteiger partial charge is 0.345 e. The van der Waals surface area contributed by atoms with Crippen LogP contribution >= 0.6 is 11.6 Å². The summed E-state index contributed by atoms with van der Waals surface area (Å²) in [6, 6.07) is 4.11. The first-order valence-electron chi connectivity index (χ1n) is 8.13. The second-order valence-electron chi connectivity index (χ2n) is 6.50. The van der Waals surface area contributed by atoms with E-state index in [9.17, 15) is 9.18 Å². The molecule has 26 heavy (non-hydrogen) atoms. The van der Waals surface area contributed by atoms with Crippen molar-refractivity contribution in [2.24, 2.45) is 13.0 Å². The third kappa shape index (κ3) is 3.60. The number of nitrogens with one attached hydrogen (secondary N) is 3. The predicted octanol–water partition coefficient (Wildman–Crippen LogP) is 4.37. The van der Waals surface area contributed by atoms with Gasteiger partial charge in [-0.05, 0) is 35.0 Å². The number of carbonyl (C=O) groups is 1. The van der Waals surface area contributed by atoms with Crippen LogP contribution in [0.3, 0.4) is 0 Å². The summed E-state index contributed by atoms with van der Waals surface area (Å²) in [6.07, 6.45) is 5.70. The molecule has 138 valence electrons. The van der Waals surface area contributed by atoms with Gasteiger partial charge in [0.2, 0.25) is 0 Å². The normalized spacial score (nSPS) is 19.3. The molecular formula is C18H20ClFN4OS. The van der Waals surface area contributed by atoms with E-state index in [2.05, 4.69) is 23.9 Å². The molecule has 5 nitrogen and oxygen atoms in total. The molecule has 3 rings (SSSR count). The summed E-state index contributed by atoms with van der Waals surface area (Å²) in [5.41, 5.74) is 1.59. The number of halogens is 2. The molecule has 1 aliphatic rings. The molecule has 2 unspecified atom stereocenters. The number of amides is 1. The molecule has 0 radical (unpaired) electrons. The molecule has 0 fully saturated rings. The minimum absolute atomic E-state index is 0.0508. The fraction of sp³-hybridized carbons (Fsp3) is 0.278. The standard InChI is InChI=1S/C18H20ClFN4OS/c1-10(2)15-7-5-12-16(26(21)23-15)9-24(3)17(12)18(25)22-11-4-6-14(20)13(19)8-11/h4-10,15H,1-3H3,(H2,21,23)(H,22,25). The number of benzene rings is 1. The maximum Gasteiger partial charge on any atom is 0.272 e. The summed E-state index contributed by atoms with van der Waals surface area (Å²) in [6.45, 7) is 4.17. The number of rotatable bonds is 3. The van der Waals surface area contributed by atoms with E-state index in [0.717, 1.165) is 10.5 Å². The molecule has 0 aliphatic carbocycles. The highest BCUT2D eigenvalue weighted by atomic mass is 35.5. The molecule has 8 heteroatoms. The van der Waals surface area contributed by atoms with E-state index in [4.69, 9.17) is 16.4 Å². The number of anilines is 1. The zero-order chi connectivity index (χ0) is 19.0. The lowest BCUT2D eigenvalue weighted by atomic mass is 10.0. The predicted molar refractivity (Wildman–Crippen MR) is 104 cm³/mol. The van der Waals surface area contributed by atoms with Crippen LogP contribution in [0.15, 0.2) is 35.4 Å². The molecule has 1 aromatic carbocycles. The second-order valence-corrected chi connectivity index (χ2v) is 8.20. The summed E-state index contributed by atoms with van der Waals surface area (Å²) in [4.78, 5) is 13.6. The molecule has 0 saturated heterocycles. The van der Waals surface area contributed by atoms with Gasteiger partial charge in [-0.15, -0.1) is 0 Å². The SMILES string of the molecule is CC(C)C1C=Cc2c(cn(C)c2C(=O)Nc2ccc(F)c(Cl)c2)S(=N)N1. The Morgan fingerprint density at radius 1 is 1.46 bits per heavy atom. The molecule has 2 aromatic rings. The molecule has 0 bridgehead atoms. The van der Waals surface area contributed by atoms with Crippen LogP contribution < -0.4 is 10.0 Å². The Balaban J connectivity index is 1.96. The molecule has 2 heterocycles. The number of aromatic nitrogens is 1. The first-order chi connectivity index (χ1) is 12.3. The number of aryl methyl sites for hydroxylation is 1. The van der Waals surface area contributed by atoms with Crippen LogP contribution in [0.2, 0.25) is 5.02 Å². The smallest absolute Gasteiger partial charge is 0.272 e. The van der Waals surface area contributed by atoms with Gasteiger partial charge in [-0.25, -0.2) is 9.11 Å². The average molecular weight is 395 g/mol. The summed E-state index contributed by atoms with van der Waals surface area (Å²) in [5, 5.41) is 2.70. The number of hydrogen-bond donors (Lipinski definition) is 3. The zero-order valence-electron chi connectivity index (χ0n) is 14.6. The lowest BCUT2D eigenvalue weighted by molar-refractivity contribution is 0.101. The zero-order valence-corrected chi connectivity index (χ0v) is 16.2. The molecular weight excluding hydrogens is 375 g/mol. The van der Waals surface area contributed by atoms with Crippen molar-refractivity contribution in [1.82, 2.24) is 9.29 Å². The van der Waals surface area contributed by atoms with Crippen molar-refractivity contribution in [3.63, 3.8) is 0 Å². The molecule has 1 aliphatic heterocycles. The monoisotopic (exact) mass is 394 g/mol. The van der Waals surface area contributed by atoms with Crippen molar-refractivity contribution in [3.8, 4) is 0 Å². The Labute approximate surface area is 159 Å². The van der Waals surface area contributed by atoms with Crippen LogP contribution in [-0.4, -0.2) is 16.5 Å². The van der Waals surface area contributed by atoms with E-state index in [1.165, 1.54) is 18.2 Å². The lowest BCUT2D eigenvalue weighted by Crippen LogP contribution is -2.32. The van der Waals surface area contributed by atoms with Crippen molar-refractivity contribution in [3.05, 3.63) is 52.6 Å². The van der Waals surface area contributed by atoms with E-state index in [0.29, 0.717) is 17.3 Å². The Morgan fingerprint density at radius 2 is 2.19 bits per heavy atom. The Morgan fingerprint density at radius 3 is 2.85 bits per heavy atom. The number of fused-ring (bicyclic) bond motifs is 1. The second kappa shape index (κ2) is 7.34. The number of nitrogens with zero attached hydrogens (tertiary/aromatic N) is 1. The van der Waals surface area contributed by atoms with E-state index in [1.54, 1.807) is 17.8 Å². The highest BCUT2D eigenvalue weighted by Gasteiger charge is 2.25.